The van der Waals surface area contributed by atoms with Gasteiger partial charge >= 0.3 is 6.18 Å². The van der Waals surface area contributed by atoms with Crippen LogP contribution in [0.4, 0.5) is 17.6 Å². The van der Waals surface area contributed by atoms with Gasteiger partial charge in [0.05, 0.1) is 16.6 Å². The molecule has 10 heteroatoms. The largest absolute Gasteiger partial charge is 0.418 e. The lowest BCUT2D eigenvalue weighted by atomic mass is 9.97. The second-order valence-electron chi connectivity index (χ2n) is 10.6. The van der Waals surface area contributed by atoms with Crippen LogP contribution in [0.25, 0.3) is 44.9 Å². The van der Waals surface area contributed by atoms with E-state index in [4.69, 9.17) is 0 Å². The van der Waals surface area contributed by atoms with Crippen LogP contribution in [0, 0.1) is 11.7 Å². The number of likely N-dealkylation sites (tertiary alicyclic amines) is 1. The monoisotopic (exact) mass is 548 g/mol. The van der Waals surface area contributed by atoms with Gasteiger partial charge in [-0.05, 0) is 72.3 Å². The van der Waals surface area contributed by atoms with E-state index >= 15 is 0 Å². The molecule has 1 aliphatic heterocycles. The van der Waals surface area contributed by atoms with Crippen LogP contribution in [0.2, 0.25) is 0 Å². The molecule has 1 N–H and O–H groups in total. The molecule has 1 fully saturated rings. The van der Waals surface area contributed by atoms with Gasteiger partial charge in [0.2, 0.25) is 0 Å². The summed E-state index contributed by atoms with van der Waals surface area (Å²) >= 11 is 0. The fraction of sp³-hybridized carbons (Fsp3) is 0.300. The Morgan fingerprint density at radius 3 is 2.60 bits per heavy atom. The van der Waals surface area contributed by atoms with Crippen LogP contribution < -0.4 is 0 Å². The lowest BCUT2D eigenvalue weighted by Crippen LogP contribution is -2.33. The standard InChI is InChI=1S/C30H28F4N6/c1-18-5-4-10-40(15-18)16-19-11-25(30(32,33)34)27-26(12-19)36-28(37-27)21-7-3-6-20(13-21)23-9-8-22(31)14-24(23)29-38-35-17-39(29)2/h3,6-9,11-14,17-18H,4-5,10,15-16H2,1-2H3,(H,36,37)/t18-/m0/s1. The van der Waals surface area contributed by atoms with Crippen molar-refractivity contribution in [3.05, 3.63) is 77.9 Å². The molecule has 0 amide bonds. The number of H-pyrrole nitrogens is 1. The number of nitrogens with one attached hydrogen (secondary N) is 1. The summed E-state index contributed by atoms with van der Waals surface area (Å²) in [5.41, 5.74) is 2.74. The summed E-state index contributed by atoms with van der Waals surface area (Å²) in [6, 6.07) is 14.7. The summed E-state index contributed by atoms with van der Waals surface area (Å²) in [6.07, 6.45) is -0.810. The molecule has 3 heterocycles. The van der Waals surface area contributed by atoms with Crippen molar-refractivity contribution in [1.82, 2.24) is 29.6 Å². The summed E-state index contributed by atoms with van der Waals surface area (Å²) in [5.74, 6) is 0.936. The number of imidazole rings is 1. The van der Waals surface area contributed by atoms with E-state index in [9.17, 15) is 17.6 Å². The first-order valence-electron chi connectivity index (χ1n) is 13.2. The molecule has 0 aliphatic carbocycles. The molecule has 1 saturated heterocycles. The maximum Gasteiger partial charge on any atom is 0.418 e. The number of benzene rings is 3. The van der Waals surface area contributed by atoms with Crippen molar-refractivity contribution in [2.45, 2.75) is 32.5 Å². The molecule has 0 bridgehead atoms. The molecule has 0 radical (unpaired) electrons. The van der Waals surface area contributed by atoms with E-state index in [1.165, 1.54) is 24.5 Å². The smallest absolute Gasteiger partial charge is 0.337 e. The van der Waals surface area contributed by atoms with Crippen LogP contribution in [-0.4, -0.2) is 42.7 Å². The van der Waals surface area contributed by atoms with E-state index in [1.807, 2.05) is 12.1 Å². The van der Waals surface area contributed by atoms with Crippen LogP contribution in [-0.2, 0) is 19.8 Å². The lowest BCUT2D eigenvalue weighted by molar-refractivity contribution is -0.136. The van der Waals surface area contributed by atoms with Gasteiger partial charge < -0.3 is 9.55 Å². The fourth-order valence-corrected chi connectivity index (χ4v) is 5.63. The second kappa shape index (κ2) is 10.2. The number of piperidine rings is 1. The molecule has 2 aromatic heterocycles. The van der Waals surface area contributed by atoms with E-state index in [0.717, 1.165) is 31.5 Å². The molecule has 0 saturated carbocycles. The Labute approximate surface area is 228 Å². The predicted molar refractivity (Wildman–Crippen MR) is 146 cm³/mol. The van der Waals surface area contributed by atoms with Gasteiger partial charge in [0.15, 0.2) is 5.82 Å². The minimum absolute atomic E-state index is 0.0368. The van der Waals surface area contributed by atoms with Crippen LogP contribution >= 0.6 is 0 Å². The van der Waals surface area contributed by atoms with E-state index < -0.39 is 17.6 Å². The first-order valence-corrected chi connectivity index (χ1v) is 13.2. The van der Waals surface area contributed by atoms with Crippen molar-refractivity contribution in [1.29, 1.82) is 0 Å². The number of alkyl halides is 3. The van der Waals surface area contributed by atoms with E-state index in [2.05, 4.69) is 32.0 Å². The number of hydrogen-bond donors (Lipinski definition) is 1. The van der Waals surface area contributed by atoms with Gasteiger partial charge in [-0.25, -0.2) is 9.37 Å². The number of rotatable bonds is 5. The van der Waals surface area contributed by atoms with Gasteiger partial charge in [-0.1, -0.05) is 31.2 Å². The van der Waals surface area contributed by atoms with Gasteiger partial charge in [0.1, 0.15) is 18.0 Å². The number of hydrogen-bond acceptors (Lipinski definition) is 4. The van der Waals surface area contributed by atoms with Crippen molar-refractivity contribution in [2.75, 3.05) is 13.1 Å². The molecule has 40 heavy (non-hydrogen) atoms. The van der Waals surface area contributed by atoms with Gasteiger partial charge in [-0.15, -0.1) is 10.2 Å². The van der Waals surface area contributed by atoms with E-state index in [-0.39, 0.29) is 11.0 Å². The predicted octanol–water partition coefficient (Wildman–Crippen LogP) is 7.08. The third kappa shape index (κ3) is 5.11. The number of nitrogens with zero attached hydrogens (tertiary/aromatic N) is 5. The zero-order valence-electron chi connectivity index (χ0n) is 22.1. The van der Waals surface area contributed by atoms with Gasteiger partial charge in [0, 0.05) is 31.3 Å². The summed E-state index contributed by atoms with van der Waals surface area (Å²) in [7, 11) is 1.77. The number of aromatic nitrogens is 5. The number of aryl methyl sites for hydroxylation is 1. The van der Waals surface area contributed by atoms with Crippen molar-refractivity contribution in [3.63, 3.8) is 0 Å². The molecule has 3 aromatic carbocycles. The summed E-state index contributed by atoms with van der Waals surface area (Å²) < 4.78 is 58.4. The summed E-state index contributed by atoms with van der Waals surface area (Å²) in [6.45, 7) is 4.38. The van der Waals surface area contributed by atoms with Gasteiger partial charge in [-0.3, -0.25) is 4.90 Å². The molecule has 6 nitrogen and oxygen atoms in total. The van der Waals surface area contributed by atoms with E-state index in [1.54, 1.807) is 35.9 Å². The summed E-state index contributed by atoms with van der Waals surface area (Å²) in [5, 5.41) is 8.04. The number of fused-ring (bicyclic) bond motifs is 1. The van der Waals surface area contributed by atoms with Crippen molar-refractivity contribution in [3.8, 4) is 33.9 Å². The van der Waals surface area contributed by atoms with Gasteiger partial charge in [-0.2, -0.15) is 13.2 Å². The van der Waals surface area contributed by atoms with Crippen LogP contribution in [0.1, 0.15) is 30.9 Å². The molecule has 206 valence electrons. The zero-order chi connectivity index (χ0) is 28.0. The van der Waals surface area contributed by atoms with E-state index in [0.29, 0.717) is 46.4 Å². The minimum atomic E-state index is -4.53. The Bertz CT molecular complexity index is 1690. The van der Waals surface area contributed by atoms with Crippen LogP contribution in [0.15, 0.2) is 60.9 Å². The summed E-state index contributed by atoms with van der Waals surface area (Å²) in [4.78, 5) is 9.75. The lowest BCUT2D eigenvalue weighted by Gasteiger charge is -2.31. The topological polar surface area (TPSA) is 62.6 Å². The number of halogens is 4. The molecule has 1 aliphatic rings. The quantitative estimate of drug-likeness (QED) is 0.239. The highest BCUT2D eigenvalue weighted by molar-refractivity contribution is 5.86. The SMILES string of the molecule is C[C@H]1CCCN(Cc2cc(C(F)(F)F)c3[nH]c(-c4cccc(-c5ccc(F)cc5-c5nncn5C)c4)nc3c2)C1. The molecule has 0 spiro atoms. The third-order valence-electron chi connectivity index (χ3n) is 7.49. The van der Waals surface area contributed by atoms with Crippen molar-refractivity contribution < 1.29 is 17.6 Å². The zero-order valence-corrected chi connectivity index (χ0v) is 22.1. The maximum absolute atomic E-state index is 14.2. The molecular weight excluding hydrogens is 520 g/mol. The second-order valence-corrected chi connectivity index (χ2v) is 10.6. The number of aromatic amines is 1. The molecule has 0 unspecified atom stereocenters. The van der Waals surface area contributed by atoms with Crippen LogP contribution in [0.3, 0.4) is 0 Å². The third-order valence-corrected chi connectivity index (χ3v) is 7.49. The highest BCUT2D eigenvalue weighted by Crippen LogP contribution is 2.38. The van der Waals surface area contributed by atoms with Crippen LogP contribution in [0.5, 0.6) is 0 Å². The first-order chi connectivity index (χ1) is 19.2. The fourth-order valence-electron chi connectivity index (χ4n) is 5.63. The Hall–Kier alpha value is -4.05. The molecule has 5 aromatic rings. The first kappa shape index (κ1) is 26.2. The highest BCUT2D eigenvalue weighted by Gasteiger charge is 2.34. The Morgan fingerprint density at radius 2 is 1.85 bits per heavy atom. The Morgan fingerprint density at radius 1 is 1.02 bits per heavy atom. The maximum atomic E-state index is 14.2. The van der Waals surface area contributed by atoms with Crippen molar-refractivity contribution in [2.24, 2.45) is 13.0 Å². The minimum Gasteiger partial charge on any atom is -0.337 e. The normalized spacial score (nSPS) is 16.6. The average Bonchev–Trinajstić information content (AvgIpc) is 3.54. The average molecular weight is 549 g/mol. The molecule has 6 rings (SSSR count). The Balaban J connectivity index is 1.41. The highest BCUT2D eigenvalue weighted by atomic mass is 19.4. The Kier molecular flexibility index (Phi) is 6.66. The van der Waals surface area contributed by atoms with Crippen molar-refractivity contribution >= 4 is 11.0 Å². The molecular formula is C30H28F4N6. The molecule has 1 atom stereocenters. The van der Waals surface area contributed by atoms with Gasteiger partial charge in [0.25, 0.3) is 0 Å².